The molecule has 50 valence electrons. The van der Waals surface area contributed by atoms with E-state index in [2.05, 4.69) is 5.10 Å². The zero-order valence-corrected chi connectivity index (χ0v) is 4.99. The normalized spacial score (nSPS) is 9.89. The van der Waals surface area contributed by atoms with Crippen molar-refractivity contribution >= 4 is 0 Å². The van der Waals surface area contributed by atoms with Gasteiger partial charge in [-0.25, -0.2) is 0 Å². The van der Waals surface area contributed by atoms with Crippen molar-refractivity contribution in [3.8, 4) is 5.75 Å². The zero-order valence-electron chi connectivity index (χ0n) is 4.99. The van der Waals surface area contributed by atoms with E-state index in [1.165, 1.54) is 12.4 Å². The summed E-state index contributed by atoms with van der Waals surface area (Å²) in [6, 6.07) is 0. The number of hydrogen-bond acceptors (Lipinski definition) is 3. The lowest BCUT2D eigenvalue weighted by Crippen LogP contribution is -2.09. The van der Waals surface area contributed by atoms with Crippen LogP contribution in [-0.2, 0) is 6.54 Å². The third-order valence-corrected chi connectivity index (χ3v) is 0.978. The molecule has 0 aliphatic rings. The molecule has 0 aliphatic carbocycles. The number of rotatable bonds is 2. The summed E-state index contributed by atoms with van der Waals surface area (Å²) in [6.07, 6.45) is 2.92. The van der Waals surface area contributed by atoms with Crippen LogP contribution in [0.15, 0.2) is 12.4 Å². The molecule has 3 N–H and O–H groups in total. The van der Waals surface area contributed by atoms with Gasteiger partial charge in [-0.15, -0.1) is 0 Å². The van der Waals surface area contributed by atoms with E-state index in [1.807, 2.05) is 0 Å². The Bertz CT molecular complexity index is 184. The molecule has 0 spiro atoms. The van der Waals surface area contributed by atoms with Gasteiger partial charge in [-0.1, -0.05) is 0 Å². The second-order valence-electron chi connectivity index (χ2n) is 1.75. The van der Waals surface area contributed by atoms with Crippen molar-refractivity contribution < 1.29 is 5.11 Å². The Labute approximate surface area is 52.9 Å². The summed E-state index contributed by atoms with van der Waals surface area (Å²) < 4.78 is 1.59. The predicted molar refractivity (Wildman–Crippen MR) is 32.9 cm³/mol. The van der Waals surface area contributed by atoms with E-state index in [9.17, 15) is 0 Å². The molecule has 0 aromatic carbocycles. The van der Waals surface area contributed by atoms with E-state index in [0.717, 1.165) is 0 Å². The lowest BCUT2D eigenvalue weighted by Gasteiger charge is -1.93. The molecule has 1 aromatic heterocycles. The van der Waals surface area contributed by atoms with Gasteiger partial charge in [0.2, 0.25) is 0 Å². The molecule has 0 saturated carbocycles. The smallest absolute Gasteiger partial charge is 0.153 e. The largest absolute Gasteiger partial charge is 0.505 e. The van der Waals surface area contributed by atoms with Crippen LogP contribution in [0, 0.1) is 0 Å². The zero-order chi connectivity index (χ0) is 6.69. The van der Waals surface area contributed by atoms with Gasteiger partial charge in [-0.2, -0.15) is 5.10 Å². The van der Waals surface area contributed by atoms with E-state index >= 15 is 0 Å². The monoisotopic (exact) mass is 127 g/mol. The summed E-state index contributed by atoms with van der Waals surface area (Å²) >= 11 is 0. The van der Waals surface area contributed by atoms with E-state index in [4.69, 9.17) is 10.8 Å². The minimum Gasteiger partial charge on any atom is -0.505 e. The Balaban J connectivity index is 2.61. The molecular formula is C5H9N3O. The van der Waals surface area contributed by atoms with E-state index in [-0.39, 0.29) is 5.75 Å². The highest BCUT2D eigenvalue weighted by atomic mass is 16.3. The fraction of sp³-hybridized carbons (Fsp3) is 0.400. The van der Waals surface area contributed by atoms with Crippen LogP contribution in [0.3, 0.4) is 0 Å². The topological polar surface area (TPSA) is 64.1 Å². The highest BCUT2D eigenvalue weighted by Gasteiger charge is 1.91. The molecule has 4 nitrogen and oxygen atoms in total. The van der Waals surface area contributed by atoms with Gasteiger partial charge in [0.15, 0.2) is 5.75 Å². The van der Waals surface area contributed by atoms with Crippen LogP contribution in [0.2, 0.25) is 0 Å². The number of hydrogen-bond donors (Lipinski definition) is 2. The summed E-state index contributed by atoms with van der Waals surface area (Å²) in [4.78, 5) is 0. The molecule has 0 aliphatic heterocycles. The molecule has 0 unspecified atom stereocenters. The van der Waals surface area contributed by atoms with Gasteiger partial charge < -0.3 is 10.8 Å². The molecule has 0 atom stereocenters. The first-order valence-electron chi connectivity index (χ1n) is 2.74. The van der Waals surface area contributed by atoms with Crippen LogP contribution in [0.4, 0.5) is 0 Å². The Morgan fingerprint density at radius 1 is 1.78 bits per heavy atom. The van der Waals surface area contributed by atoms with Gasteiger partial charge in [0, 0.05) is 6.54 Å². The average Bonchev–Trinajstić information content (AvgIpc) is 2.17. The SMILES string of the molecule is NCCn1cc(O)cn1. The molecule has 4 heteroatoms. The first kappa shape index (κ1) is 6.10. The quantitative estimate of drug-likeness (QED) is 0.565. The summed E-state index contributed by atoms with van der Waals surface area (Å²) in [6.45, 7) is 1.20. The highest BCUT2D eigenvalue weighted by molar-refractivity contribution is 5.08. The van der Waals surface area contributed by atoms with Gasteiger partial charge in [0.25, 0.3) is 0 Å². The van der Waals surface area contributed by atoms with Crippen molar-refractivity contribution in [2.24, 2.45) is 5.73 Å². The van der Waals surface area contributed by atoms with Gasteiger partial charge in [0.05, 0.1) is 18.9 Å². The maximum absolute atomic E-state index is 8.76. The van der Waals surface area contributed by atoms with Crippen LogP contribution in [-0.4, -0.2) is 21.4 Å². The van der Waals surface area contributed by atoms with Crippen LogP contribution >= 0.6 is 0 Å². The maximum Gasteiger partial charge on any atom is 0.153 e. The van der Waals surface area contributed by atoms with Crippen molar-refractivity contribution in [3.05, 3.63) is 12.4 Å². The number of aromatic hydroxyl groups is 1. The standard InChI is InChI=1S/C5H9N3O/c6-1-2-8-4-5(9)3-7-8/h3-4,9H,1-2,6H2. The highest BCUT2D eigenvalue weighted by Crippen LogP contribution is 2.02. The van der Waals surface area contributed by atoms with Crippen LogP contribution in [0.5, 0.6) is 5.75 Å². The van der Waals surface area contributed by atoms with Gasteiger partial charge >= 0.3 is 0 Å². The van der Waals surface area contributed by atoms with Crippen molar-refractivity contribution in [2.75, 3.05) is 6.54 Å². The fourth-order valence-corrected chi connectivity index (χ4v) is 0.607. The van der Waals surface area contributed by atoms with Gasteiger partial charge in [0.1, 0.15) is 0 Å². The van der Waals surface area contributed by atoms with Crippen LogP contribution < -0.4 is 5.73 Å². The minimum atomic E-state index is 0.184. The lowest BCUT2D eigenvalue weighted by molar-refractivity contribution is 0.473. The third kappa shape index (κ3) is 1.43. The summed E-state index contributed by atoms with van der Waals surface area (Å²) in [5.41, 5.74) is 5.23. The minimum absolute atomic E-state index is 0.184. The molecule has 0 fully saturated rings. The Morgan fingerprint density at radius 3 is 3.00 bits per heavy atom. The van der Waals surface area contributed by atoms with Crippen molar-refractivity contribution in [1.82, 2.24) is 9.78 Å². The first-order chi connectivity index (χ1) is 4.33. The van der Waals surface area contributed by atoms with Crippen molar-refractivity contribution in [1.29, 1.82) is 0 Å². The molecule has 1 heterocycles. The molecule has 0 bridgehead atoms. The summed E-state index contributed by atoms with van der Waals surface area (Å²) in [5.74, 6) is 0.184. The lowest BCUT2D eigenvalue weighted by atomic mass is 10.6. The Kier molecular flexibility index (Phi) is 1.69. The average molecular weight is 127 g/mol. The van der Waals surface area contributed by atoms with Gasteiger partial charge in [-0.05, 0) is 0 Å². The van der Waals surface area contributed by atoms with Gasteiger partial charge in [-0.3, -0.25) is 4.68 Å². The molecule has 1 rings (SSSR count). The summed E-state index contributed by atoms with van der Waals surface area (Å²) in [7, 11) is 0. The molecule has 0 amide bonds. The maximum atomic E-state index is 8.76. The second kappa shape index (κ2) is 2.50. The van der Waals surface area contributed by atoms with Crippen LogP contribution in [0.25, 0.3) is 0 Å². The molecule has 1 aromatic rings. The van der Waals surface area contributed by atoms with Crippen LogP contribution in [0.1, 0.15) is 0 Å². The van der Waals surface area contributed by atoms with Crippen molar-refractivity contribution in [3.63, 3.8) is 0 Å². The molecule has 0 saturated heterocycles. The van der Waals surface area contributed by atoms with E-state index < -0.39 is 0 Å². The third-order valence-electron chi connectivity index (χ3n) is 0.978. The number of aromatic nitrogens is 2. The predicted octanol–water partition coefficient (Wildman–Crippen LogP) is -0.453. The molecular weight excluding hydrogens is 118 g/mol. The second-order valence-corrected chi connectivity index (χ2v) is 1.75. The summed E-state index contributed by atoms with van der Waals surface area (Å²) in [5, 5.41) is 12.5. The fourth-order valence-electron chi connectivity index (χ4n) is 0.607. The number of nitrogens with two attached hydrogens (primary N) is 1. The van der Waals surface area contributed by atoms with E-state index in [0.29, 0.717) is 13.1 Å². The molecule has 9 heavy (non-hydrogen) atoms. The number of nitrogens with zero attached hydrogens (tertiary/aromatic N) is 2. The van der Waals surface area contributed by atoms with Crippen molar-refractivity contribution in [2.45, 2.75) is 6.54 Å². The first-order valence-corrected chi connectivity index (χ1v) is 2.74. The Hall–Kier alpha value is -1.03. The molecule has 0 radical (unpaired) electrons. The Morgan fingerprint density at radius 2 is 2.56 bits per heavy atom. The van der Waals surface area contributed by atoms with E-state index in [1.54, 1.807) is 4.68 Å².